The lowest BCUT2D eigenvalue weighted by molar-refractivity contribution is -0.142. The summed E-state index contributed by atoms with van der Waals surface area (Å²) in [5.41, 5.74) is 3.62. The molecule has 1 atom stereocenters. The molecule has 0 aliphatic rings. The largest absolute Gasteiger partial charge is 0.497 e. The number of carbonyl (C=O) groups excluding carboxylic acids is 1. The number of carbonyl (C=O) groups is 1. The zero-order chi connectivity index (χ0) is 15.6. The monoisotopic (exact) mass is 288 g/mol. The van der Waals surface area contributed by atoms with Crippen LogP contribution in [-0.2, 0) is 9.53 Å². The van der Waals surface area contributed by atoms with E-state index in [1.807, 2.05) is 49.7 Å². The van der Waals surface area contributed by atoms with Crippen molar-refractivity contribution in [2.24, 2.45) is 0 Å². The third-order valence-electron chi connectivity index (χ3n) is 3.65. The molecule has 0 saturated heterocycles. The average Bonchev–Trinajstić information content (AvgIpc) is 2.80. The predicted octanol–water partition coefficient (Wildman–Crippen LogP) is 2.77. The lowest BCUT2D eigenvalue weighted by atomic mass is 9.99. The van der Waals surface area contributed by atoms with Gasteiger partial charge in [0.2, 0.25) is 0 Å². The van der Waals surface area contributed by atoms with Crippen LogP contribution in [0.4, 0.5) is 0 Å². The van der Waals surface area contributed by atoms with Crippen LogP contribution in [0.25, 0.3) is 5.69 Å². The standard InChI is InChI=1S/C16H20N2O3/c1-10(16(19)21-5)15-11(2)17-18(12(15)3)13-6-8-14(20-4)9-7-13/h6-10H,1-5H3. The highest BCUT2D eigenvalue weighted by atomic mass is 16.5. The van der Waals surface area contributed by atoms with Gasteiger partial charge in [-0.1, -0.05) is 0 Å². The van der Waals surface area contributed by atoms with Gasteiger partial charge in [0.25, 0.3) is 0 Å². The summed E-state index contributed by atoms with van der Waals surface area (Å²) < 4.78 is 11.8. The van der Waals surface area contributed by atoms with Crippen LogP contribution in [-0.4, -0.2) is 30.0 Å². The first-order valence-electron chi connectivity index (χ1n) is 6.78. The van der Waals surface area contributed by atoms with Crippen LogP contribution < -0.4 is 4.74 Å². The number of benzene rings is 1. The molecule has 2 aromatic rings. The number of nitrogens with zero attached hydrogens (tertiary/aromatic N) is 2. The summed E-state index contributed by atoms with van der Waals surface area (Å²) in [7, 11) is 3.03. The van der Waals surface area contributed by atoms with Gasteiger partial charge in [-0.25, -0.2) is 4.68 Å². The molecule has 0 N–H and O–H groups in total. The Labute approximate surface area is 124 Å². The van der Waals surface area contributed by atoms with Gasteiger partial charge in [-0.05, 0) is 45.0 Å². The van der Waals surface area contributed by atoms with E-state index in [0.717, 1.165) is 28.4 Å². The lowest BCUT2D eigenvalue weighted by Gasteiger charge is -2.10. The zero-order valence-electron chi connectivity index (χ0n) is 13.0. The van der Waals surface area contributed by atoms with E-state index in [1.165, 1.54) is 7.11 Å². The number of aromatic nitrogens is 2. The molecule has 1 aromatic heterocycles. The van der Waals surface area contributed by atoms with E-state index in [2.05, 4.69) is 5.10 Å². The number of hydrogen-bond acceptors (Lipinski definition) is 4. The number of methoxy groups -OCH3 is 2. The fraction of sp³-hybridized carbons (Fsp3) is 0.375. The molecule has 0 aliphatic carbocycles. The molecule has 2 rings (SSSR count). The SMILES string of the molecule is COC(=O)C(C)c1c(C)nn(-c2ccc(OC)cc2)c1C. The molecular formula is C16H20N2O3. The number of aryl methyl sites for hydroxylation is 1. The third kappa shape index (κ3) is 2.77. The lowest BCUT2D eigenvalue weighted by Crippen LogP contribution is -2.12. The van der Waals surface area contributed by atoms with Crippen LogP contribution in [0.1, 0.15) is 29.8 Å². The number of rotatable bonds is 4. The molecule has 0 fully saturated rings. The Morgan fingerprint density at radius 2 is 1.81 bits per heavy atom. The Kier molecular flexibility index (Phi) is 4.31. The fourth-order valence-electron chi connectivity index (χ4n) is 2.55. The first kappa shape index (κ1) is 15.1. The van der Waals surface area contributed by atoms with E-state index >= 15 is 0 Å². The van der Waals surface area contributed by atoms with E-state index in [9.17, 15) is 4.79 Å². The molecule has 1 heterocycles. The minimum atomic E-state index is -0.331. The first-order chi connectivity index (χ1) is 9.99. The molecular weight excluding hydrogens is 268 g/mol. The summed E-state index contributed by atoms with van der Waals surface area (Å²) in [6, 6.07) is 7.64. The highest BCUT2D eigenvalue weighted by Gasteiger charge is 2.24. The van der Waals surface area contributed by atoms with Gasteiger partial charge in [-0.3, -0.25) is 4.79 Å². The normalized spacial score (nSPS) is 12.0. The minimum Gasteiger partial charge on any atom is -0.497 e. The van der Waals surface area contributed by atoms with Gasteiger partial charge >= 0.3 is 5.97 Å². The summed E-state index contributed by atoms with van der Waals surface area (Å²) in [6.45, 7) is 5.70. The van der Waals surface area contributed by atoms with Crippen LogP contribution in [0.3, 0.4) is 0 Å². The summed E-state index contributed by atoms with van der Waals surface area (Å²) in [5.74, 6) is 0.209. The second-order valence-electron chi connectivity index (χ2n) is 4.94. The van der Waals surface area contributed by atoms with Gasteiger partial charge in [-0.2, -0.15) is 5.10 Å². The van der Waals surface area contributed by atoms with Crippen LogP contribution in [0.2, 0.25) is 0 Å². The minimum absolute atomic E-state index is 0.254. The van der Waals surface area contributed by atoms with Crippen molar-refractivity contribution >= 4 is 5.97 Å². The molecule has 0 aliphatic heterocycles. The van der Waals surface area contributed by atoms with Gasteiger partial charge in [0.1, 0.15) is 5.75 Å². The molecule has 5 heteroatoms. The van der Waals surface area contributed by atoms with E-state index < -0.39 is 0 Å². The Bertz CT molecular complexity index is 644. The topological polar surface area (TPSA) is 53.3 Å². The molecule has 0 spiro atoms. The Morgan fingerprint density at radius 3 is 2.33 bits per heavy atom. The van der Waals surface area contributed by atoms with Gasteiger partial charge in [0, 0.05) is 11.3 Å². The zero-order valence-corrected chi connectivity index (χ0v) is 13.0. The summed E-state index contributed by atoms with van der Waals surface area (Å²) in [6.07, 6.45) is 0. The molecule has 1 unspecified atom stereocenters. The fourth-order valence-corrected chi connectivity index (χ4v) is 2.55. The van der Waals surface area contributed by atoms with Gasteiger partial charge in [0.15, 0.2) is 0 Å². The van der Waals surface area contributed by atoms with Gasteiger partial charge in [0.05, 0.1) is 31.5 Å². The third-order valence-corrected chi connectivity index (χ3v) is 3.65. The molecule has 0 amide bonds. The van der Waals surface area contributed by atoms with Crippen LogP contribution in [0.15, 0.2) is 24.3 Å². The maximum atomic E-state index is 11.8. The van der Waals surface area contributed by atoms with Crippen molar-refractivity contribution in [1.82, 2.24) is 9.78 Å². The molecule has 1 aromatic carbocycles. The van der Waals surface area contributed by atoms with Crippen molar-refractivity contribution in [3.8, 4) is 11.4 Å². The molecule has 0 radical (unpaired) electrons. The maximum absolute atomic E-state index is 11.8. The quantitative estimate of drug-likeness (QED) is 0.812. The van der Waals surface area contributed by atoms with Crippen LogP contribution in [0.5, 0.6) is 5.75 Å². The summed E-state index contributed by atoms with van der Waals surface area (Å²) >= 11 is 0. The smallest absolute Gasteiger partial charge is 0.312 e. The van der Waals surface area contributed by atoms with E-state index in [0.29, 0.717) is 0 Å². The van der Waals surface area contributed by atoms with Crippen molar-refractivity contribution in [2.45, 2.75) is 26.7 Å². The number of ether oxygens (including phenoxy) is 2. The second kappa shape index (κ2) is 5.99. The van der Waals surface area contributed by atoms with Crippen molar-refractivity contribution in [1.29, 1.82) is 0 Å². The van der Waals surface area contributed by atoms with Crippen molar-refractivity contribution < 1.29 is 14.3 Å². The average molecular weight is 288 g/mol. The van der Waals surface area contributed by atoms with E-state index in [4.69, 9.17) is 9.47 Å². The Balaban J connectivity index is 2.44. The number of hydrogen-bond donors (Lipinski definition) is 0. The van der Waals surface area contributed by atoms with Crippen molar-refractivity contribution in [3.05, 3.63) is 41.2 Å². The first-order valence-corrected chi connectivity index (χ1v) is 6.78. The van der Waals surface area contributed by atoms with Crippen molar-refractivity contribution in [2.75, 3.05) is 14.2 Å². The molecule has 21 heavy (non-hydrogen) atoms. The predicted molar refractivity (Wildman–Crippen MR) is 80.0 cm³/mol. The molecule has 0 saturated carbocycles. The summed E-state index contributed by atoms with van der Waals surface area (Å²) in [4.78, 5) is 11.8. The second-order valence-corrected chi connectivity index (χ2v) is 4.94. The van der Waals surface area contributed by atoms with Gasteiger partial charge in [-0.15, -0.1) is 0 Å². The Morgan fingerprint density at radius 1 is 1.19 bits per heavy atom. The Hall–Kier alpha value is -2.30. The molecule has 112 valence electrons. The summed E-state index contributed by atoms with van der Waals surface area (Å²) in [5, 5.41) is 4.54. The maximum Gasteiger partial charge on any atom is 0.312 e. The molecule has 5 nitrogen and oxygen atoms in total. The van der Waals surface area contributed by atoms with E-state index in [1.54, 1.807) is 7.11 Å². The van der Waals surface area contributed by atoms with E-state index in [-0.39, 0.29) is 11.9 Å². The molecule has 0 bridgehead atoms. The highest BCUT2D eigenvalue weighted by Crippen LogP contribution is 2.26. The van der Waals surface area contributed by atoms with Crippen molar-refractivity contribution in [3.63, 3.8) is 0 Å². The van der Waals surface area contributed by atoms with Crippen LogP contribution >= 0.6 is 0 Å². The van der Waals surface area contributed by atoms with Crippen LogP contribution in [0, 0.1) is 13.8 Å². The highest BCUT2D eigenvalue weighted by molar-refractivity contribution is 5.78. The number of esters is 1. The van der Waals surface area contributed by atoms with Gasteiger partial charge < -0.3 is 9.47 Å².